The van der Waals surface area contributed by atoms with Crippen molar-refractivity contribution in [1.82, 2.24) is 9.97 Å². The first-order chi connectivity index (χ1) is 13.2. The van der Waals surface area contributed by atoms with Crippen LogP contribution < -0.4 is 5.32 Å². The summed E-state index contributed by atoms with van der Waals surface area (Å²) in [7, 11) is 0. The maximum absolute atomic E-state index is 12.7. The second-order valence-corrected chi connectivity index (χ2v) is 10.4. The zero-order valence-electron chi connectivity index (χ0n) is 15.8. The Morgan fingerprint density at radius 3 is 2.56 bits per heavy atom. The van der Waals surface area contributed by atoms with Gasteiger partial charge in [0, 0.05) is 5.92 Å². The number of hydrogen-bond acceptors (Lipinski definition) is 6. The van der Waals surface area contributed by atoms with Gasteiger partial charge in [-0.2, -0.15) is 0 Å². The zero-order valence-corrected chi connectivity index (χ0v) is 18.2. The average molecular weight is 420 g/mol. The number of thiazole rings is 2. The highest BCUT2D eigenvalue weighted by atomic mass is 32.2. The monoisotopic (exact) mass is 419 g/mol. The van der Waals surface area contributed by atoms with Gasteiger partial charge in [0.1, 0.15) is 0 Å². The topological polar surface area (TPSA) is 54.9 Å². The molecular weight excluding hydrogens is 394 g/mol. The molecule has 0 bridgehead atoms. The Bertz CT molecular complexity index is 941. The highest BCUT2D eigenvalue weighted by molar-refractivity contribution is 8.00. The number of nitrogens with zero attached hydrogens (tertiary/aromatic N) is 2. The summed E-state index contributed by atoms with van der Waals surface area (Å²) in [5.41, 5.74) is 1.96. The lowest BCUT2D eigenvalue weighted by molar-refractivity contribution is -0.121. The number of hydrogen-bond donors (Lipinski definition) is 1. The molecule has 1 N–H and O–H groups in total. The van der Waals surface area contributed by atoms with E-state index in [4.69, 9.17) is 0 Å². The number of thioether (sulfide) groups is 1. The van der Waals surface area contributed by atoms with E-state index in [9.17, 15) is 4.79 Å². The minimum absolute atomic E-state index is 0.140. The molecule has 1 aliphatic carbocycles. The smallest absolute Gasteiger partial charge is 0.229 e. The number of nitrogens with one attached hydrogen (secondary N) is 1. The number of rotatable bonds is 6. The second-order valence-electron chi connectivity index (χ2n) is 7.31. The summed E-state index contributed by atoms with van der Waals surface area (Å²) in [5.74, 6) is 1.11. The number of carbonyl (C=O) groups is 1. The van der Waals surface area contributed by atoms with Crippen LogP contribution in [0, 0.1) is 11.8 Å². The van der Waals surface area contributed by atoms with Crippen LogP contribution in [-0.4, -0.2) is 22.1 Å². The average Bonchev–Trinajstić information content (AvgIpc) is 3.29. The molecule has 4 rings (SSSR count). The molecule has 0 saturated heterocycles. The molecule has 0 atom stereocenters. The summed E-state index contributed by atoms with van der Waals surface area (Å²) in [6, 6.07) is 4.03. The van der Waals surface area contributed by atoms with Crippen molar-refractivity contribution < 1.29 is 4.79 Å². The van der Waals surface area contributed by atoms with E-state index >= 15 is 0 Å². The number of amides is 1. The molecule has 4 nitrogen and oxygen atoms in total. The van der Waals surface area contributed by atoms with Gasteiger partial charge in [-0.05, 0) is 50.0 Å². The van der Waals surface area contributed by atoms with E-state index in [0.717, 1.165) is 44.0 Å². The van der Waals surface area contributed by atoms with Crippen LogP contribution in [0.4, 0.5) is 5.13 Å². The minimum Gasteiger partial charge on any atom is -0.302 e. The molecule has 0 radical (unpaired) electrons. The Hall–Kier alpha value is -1.18. The fraction of sp³-hybridized carbons (Fsp3) is 0.550. The normalized spacial score (nSPS) is 20.4. The van der Waals surface area contributed by atoms with Crippen LogP contribution in [0.2, 0.25) is 0 Å². The molecule has 2 aromatic heterocycles. The highest BCUT2D eigenvalue weighted by Gasteiger charge is 2.26. The van der Waals surface area contributed by atoms with Crippen molar-refractivity contribution in [3.8, 4) is 0 Å². The van der Waals surface area contributed by atoms with E-state index in [2.05, 4.69) is 22.2 Å². The Kier molecular flexibility index (Phi) is 5.99. The molecule has 7 heteroatoms. The van der Waals surface area contributed by atoms with Gasteiger partial charge in [-0.15, -0.1) is 11.3 Å². The highest BCUT2D eigenvalue weighted by Crippen LogP contribution is 2.38. The van der Waals surface area contributed by atoms with Gasteiger partial charge < -0.3 is 5.32 Å². The Labute approximate surface area is 172 Å². The van der Waals surface area contributed by atoms with E-state index in [0.29, 0.717) is 0 Å². The molecule has 1 aromatic carbocycles. The van der Waals surface area contributed by atoms with Gasteiger partial charge in [-0.3, -0.25) is 4.79 Å². The van der Waals surface area contributed by atoms with Crippen LogP contribution in [0.5, 0.6) is 0 Å². The number of carbonyl (C=O) groups excluding carboxylic acids is 1. The second kappa shape index (κ2) is 8.45. The molecule has 1 amide bonds. The molecule has 0 unspecified atom stereocenters. The lowest BCUT2D eigenvalue weighted by atomic mass is 9.79. The van der Waals surface area contributed by atoms with Gasteiger partial charge in [0.25, 0.3) is 0 Å². The predicted octanol–water partition coefficient (Wildman–Crippen LogP) is 6.56. The van der Waals surface area contributed by atoms with E-state index < -0.39 is 0 Å². The van der Waals surface area contributed by atoms with Gasteiger partial charge in [-0.25, -0.2) is 9.97 Å². The fourth-order valence-corrected chi connectivity index (χ4v) is 6.57. The van der Waals surface area contributed by atoms with Crippen molar-refractivity contribution in [2.45, 2.75) is 56.2 Å². The quantitative estimate of drug-likeness (QED) is 0.459. The number of fused-ring (bicyclic) bond motifs is 3. The molecule has 1 fully saturated rings. The Balaban J connectivity index is 1.45. The maximum atomic E-state index is 12.7. The summed E-state index contributed by atoms with van der Waals surface area (Å²) in [6.07, 6.45) is 10.4. The van der Waals surface area contributed by atoms with Crippen molar-refractivity contribution in [1.29, 1.82) is 0 Å². The molecule has 144 valence electrons. The standard InChI is InChI=1S/C20H25N3OS3/c1-3-4-5-12-6-8-13(9-7-12)18(24)23-19-21-14-10-11-15-17(16(14)26-19)27-20(22-15)25-2/h10-13H,3-9H2,1-2H3,(H,21,23,24). The summed E-state index contributed by atoms with van der Waals surface area (Å²) >= 11 is 4.94. The molecule has 1 aliphatic rings. The molecule has 2 heterocycles. The van der Waals surface area contributed by atoms with Crippen LogP contribution in [0.15, 0.2) is 16.5 Å². The first kappa shape index (κ1) is 19.2. The van der Waals surface area contributed by atoms with Crippen molar-refractivity contribution in [3.63, 3.8) is 0 Å². The van der Waals surface area contributed by atoms with Gasteiger partial charge in [0.15, 0.2) is 9.47 Å². The maximum Gasteiger partial charge on any atom is 0.229 e. The molecule has 3 aromatic rings. The summed E-state index contributed by atoms with van der Waals surface area (Å²) in [5, 5.41) is 3.81. The summed E-state index contributed by atoms with van der Waals surface area (Å²) in [4.78, 5) is 22.0. The zero-order chi connectivity index (χ0) is 18.8. The third kappa shape index (κ3) is 4.15. The summed E-state index contributed by atoms with van der Waals surface area (Å²) < 4.78 is 3.37. The van der Waals surface area contributed by atoms with Crippen molar-refractivity contribution in [3.05, 3.63) is 12.1 Å². The van der Waals surface area contributed by atoms with Crippen LogP contribution in [-0.2, 0) is 4.79 Å². The lowest BCUT2D eigenvalue weighted by Crippen LogP contribution is -2.27. The molecule has 0 aliphatic heterocycles. The number of unbranched alkanes of at least 4 members (excludes halogenated alkanes) is 1. The first-order valence-corrected chi connectivity index (χ1v) is 12.6. The summed E-state index contributed by atoms with van der Waals surface area (Å²) in [6.45, 7) is 2.25. The minimum atomic E-state index is 0.140. The Morgan fingerprint density at radius 1 is 1.15 bits per heavy atom. The molecule has 0 spiro atoms. The lowest BCUT2D eigenvalue weighted by Gasteiger charge is -2.27. The van der Waals surface area contributed by atoms with Crippen LogP contribution >= 0.6 is 34.4 Å². The van der Waals surface area contributed by atoms with Crippen LogP contribution in [0.1, 0.15) is 51.9 Å². The van der Waals surface area contributed by atoms with E-state index in [-0.39, 0.29) is 11.8 Å². The fourth-order valence-electron chi connectivity index (χ4n) is 3.91. The van der Waals surface area contributed by atoms with Crippen molar-refractivity contribution in [2.24, 2.45) is 11.8 Å². The molecular formula is C20H25N3OS3. The number of anilines is 1. The van der Waals surface area contributed by atoms with Gasteiger partial charge >= 0.3 is 0 Å². The third-order valence-corrected chi connectivity index (χ3v) is 8.69. The van der Waals surface area contributed by atoms with Crippen LogP contribution in [0.25, 0.3) is 20.4 Å². The van der Waals surface area contributed by atoms with E-state index in [1.54, 1.807) is 34.4 Å². The largest absolute Gasteiger partial charge is 0.302 e. The third-order valence-electron chi connectivity index (χ3n) is 5.48. The van der Waals surface area contributed by atoms with E-state index in [1.807, 2.05) is 18.4 Å². The van der Waals surface area contributed by atoms with Crippen LogP contribution in [0.3, 0.4) is 0 Å². The number of aromatic nitrogens is 2. The van der Waals surface area contributed by atoms with E-state index in [1.165, 1.54) is 36.8 Å². The predicted molar refractivity (Wildman–Crippen MR) is 118 cm³/mol. The van der Waals surface area contributed by atoms with Crippen molar-refractivity contribution in [2.75, 3.05) is 11.6 Å². The van der Waals surface area contributed by atoms with Gasteiger partial charge in [-0.1, -0.05) is 49.3 Å². The van der Waals surface area contributed by atoms with Crippen molar-refractivity contribution >= 4 is 65.9 Å². The first-order valence-electron chi connectivity index (χ1n) is 9.73. The SMILES string of the molecule is CCCCC1CCC(C(=O)Nc2nc3ccc4nc(SC)sc4c3s2)CC1. The number of benzene rings is 1. The molecule has 27 heavy (non-hydrogen) atoms. The Morgan fingerprint density at radius 2 is 1.85 bits per heavy atom. The molecule has 1 saturated carbocycles. The van der Waals surface area contributed by atoms with Gasteiger partial charge in [0.2, 0.25) is 5.91 Å². The van der Waals surface area contributed by atoms with Gasteiger partial charge in [0.05, 0.1) is 20.4 Å².